The van der Waals surface area contributed by atoms with Crippen LogP contribution in [0.25, 0.3) is 11.0 Å². The normalized spacial score (nSPS) is 20.8. The first-order valence-electron chi connectivity index (χ1n) is 9.83. The van der Waals surface area contributed by atoms with Gasteiger partial charge in [0.25, 0.3) is 5.91 Å². The highest BCUT2D eigenvalue weighted by Crippen LogP contribution is 2.31. The van der Waals surface area contributed by atoms with Crippen molar-refractivity contribution >= 4 is 16.9 Å². The average Bonchev–Trinajstić information content (AvgIpc) is 3.27. The van der Waals surface area contributed by atoms with E-state index in [4.69, 9.17) is 5.73 Å². The number of carbonyl (C=O) groups excluding carboxylic acids is 1. The maximum absolute atomic E-state index is 12.9. The van der Waals surface area contributed by atoms with Crippen LogP contribution in [-0.2, 0) is 0 Å². The number of amides is 1. The Kier molecular flexibility index (Phi) is 4.61. The van der Waals surface area contributed by atoms with Crippen molar-refractivity contribution in [3.05, 3.63) is 34.2 Å². The Balaban J connectivity index is 1.56. The van der Waals surface area contributed by atoms with Crippen LogP contribution in [0.3, 0.4) is 0 Å². The van der Waals surface area contributed by atoms with Gasteiger partial charge in [0.1, 0.15) is 0 Å². The molecule has 1 atom stereocenters. The van der Waals surface area contributed by atoms with E-state index in [-0.39, 0.29) is 23.7 Å². The molecule has 2 fully saturated rings. The first-order chi connectivity index (χ1) is 12.5. The number of hydrogen-bond acceptors (Lipinski definition) is 3. The molecule has 1 aromatic carbocycles. The highest BCUT2D eigenvalue weighted by Gasteiger charge is 2.26. The average molecular weight is 356 g/mol. The third-order valence-electron chi connectivity index (χ3n) is 6.22. The van der Waals surface area contributed by atoms with Gasteiger partial charge in [0.15, 0.2) is 0 Å². The Morgan fingerprint density at radius 3 is 2.54 bits per heavy atom. The van der Waals surface area contributed by atoms with E-state index in [1.807, 2.05) is 34.6 Å². The number of nitrogens with zero attached hydrogens (tertiary/aromatic N) is 2. The minimum absolute atomic E-state index is 0.0458. The summed E-state index contributed by atoms with van der Waals surface area (Å²) in [4.78, 5) is 30.1. The Bertz CT molecular complexity index is 852. The summed E-state index contributed by atoms with van der Waals surface area (Å²) < 4.78 is 1.88. The molecule has 2 aliphatic rings. The van der Waals surface area contributed by atoms with E-state index in [0.29, 0.717) is 11.5 Å². The van der Waals surface area contributed by atoms with Crippen molar-refractivity contribution in [3.63, 3.8) is 0 Å². The number of nitrogens with one attached hydrogen (secondary N) is 1. The lowest BCUT2D eigenvalue weighted by molar-refractivity contribution is 0.0681. The van der Waals surface area contributed by atoms with Crippen LogP contribution in [0.2, 0.25) is 0 Å². The lowest BCUT2D eigenvalue weighted by Gasteiger charge is -2.33. The van der Waals surface area contributed by atoms with Gasteiger partial charge < -0.3 is 15.6 Å². The molecule has 1 saturated carbocycles. The van der Waals surface area contributed by atoms with Gasteiger partial charge in [-0.3, -0.25) is 9.36 Å². The van der Waals surface area contributed by atoms with E-state index in [1.165, 1.54) is 12.8 Å². The fourth-order valence-corrected chi connectivity index (χ4v) is 4.60. The molecule has 2 aromatic rings. The summed E-state index contributed by atoms with van der Waals surface area (Å²) in [5.41, 5.74) is 8.25. The number of hydrogen-bond donors (Lipinski definition) is 2. The second-order valence-corrected chi connectivity index (χ2v) is 7.96. The van der Waals surface area contributed by atoms with Crippen molar-refractivity contribution < 1.29 is 4.79 Å². The van der Waals surface area contributed by atoms with Crippen LogP contribution >= 0.6 is 0 Å². The Morgan fingerprint density at radius 1 is 1.19 bits per heavy atom. The van der Waals surface area contributed by atoms with E-state index in [1.54, 1.807) is 0 Å². The highest BCUT2D eigenvalue weighted by atomic mass is 16.2. The predicted molar refractivity (Wildman–Crippen MR) is 102 cm³/mol. The van der Waals surface area contributed by atoms with E-state index in [0.717, 1.165) is 49.8 Å². The van der Waals surface area contributed by atoms with E-state index in [2.05, 4.69) is 4.98 Å². The zero-order chi connectivity index (χ0) is 18.3. The number of carbonyl (C=O) groups is 1. The molecule has 2 heterocycles. The molecule has 3 N–H and O–H groups in total. The second-order valence-electron chi connectivity index (χ2n) is 7.96. The summed E-state index contributed by atoms with van der Waals surface area (Å²) in [5.74, 6) is 0.544. The number of fused-ring (bicyclic) bond motifs is 1. The van der Waals surface area contributed by atoms with Crippen LogP contribution in [0.15, 0.2) is 23.0 Å². The monoisotopic (exact) mass is 356 g/mol. The van der Waals surface area contributed by atoms with Gasteiger partial charge in [-0.1, -0.05) is 12.8 Å². The lowest BCUT2D eigenvalue weighted by atomic mass is 9.90. The number of aromatic amines is 1. The summed E-state index contributed by atoms with van der Waals surface area (Å²) in [6, 6.07) is 6.09. The molecule has 140 valence electrons. The van der Waals surface area contributed by atoms with Crippen molar-refractivity contribution in [2.45, 2.75) is 57.5 Å². The SMILES string of the molecule is CC(N)C1CCN(C(=O)c2ccc3c(c2)[nH]c(=O)n3C2CCCC2)CC1. The smallest absolute Gasteiger partial charge is 0.326 e. The fourth-order valence-electron chi connectivity index (χ4n) is 4.60. The molecule has 1 amide bonds. The van der Waals surface area contributed by atoms with E-state index < -0.39 is 0 Å². The van der Waals surface area contributed by atoms with Crippen LogP contribution in [0.4, 0.5) is 0 Å². The Hall–Kier alpha value is -2.08. The molecule has 4 rings (SSSR count). The van der Waals surface area contributed by atoms with Gasteiger partial charge in [0, 0.05) is 30.7 Å². The molecule has 1 aromatic heterocycles. The molecular formula is C20H28N4O2. The summed E-state index contributed by atoms with van der Waals surface area (Å²) in [6.45, 7) is 3.55. The molecule has 1 aliphatic heterocycles. The maximum Gasteiger partial charge on any atom is 0.326 e. The van der Waals surface area contributed by atoms with Crippen LogP contribution in [0.1, 0.15) is 61.8 Å². The Morgan fingerprint density at radius 2 is 1.88 bits per heavy atom. The highest BCUT2D eigenvalue weighted by molar-refractivity contribution is 5.97. The van der Waals surface area contributed by atoms with Crippen molar-refractivity contribution in [3.8, 4) is 0 Å². The molecule has 1 saturated heterocycles. The molecule has 6 nitrogen and oxygen atoms in total. The number of benzene rings is 1. The summed E-state index contributed by atoms with van der Waals surface area (Å²) >= 11 is 0. The van der Waals surface area contributed by atoms with Crippen molar-refractivity contribution in [1.82, 2.24) is 14.5 Å². The van der Waals surface area contributed by atoms with Crippen molar-refractivity contribution in [2.24, 2.45) is 11.7 Å². The van der Waals surface area contributed by atoms with Crippen LogP contribution in [0.5, 0.6) is 0 Å². The molecule has 1 aliphatic carbocycles. The van der Waals surface area contributed by atoms with Gasteiger partial charge in [-0.25, -0.2) is 4.79 Å². The van der Waals surface area contributed by atoms with Gasteiger partial charge in [-0.2, -0.15) is 0 Å². The van der Waals surface area contributed by atoms with Crippen molar-refractivity contribution in [1.29, 1.82) is 0 Å². The van der Waals surface area contributed by atoms with Gasteiger partial charge in [-0.15, -0.1) is 0 Å². The van der Waals surface area contributed by atoms with Gasteiger partial charge in [0.2, 0.25) is 0 Å². The number of H-pyrrole nitrogens is 1. The zero-order valence-corrected chi connectivity index (χ0v) is 15.4. The number of likely N-dealkylation sites (tertiary alicyclic amines) is 1. The zero-order valence-electron chi connectivity index (χ0n) is 15.4. The first kappa shape index (κ1) is 17.3. The minimum Gasteiger partial charge on any atom is -0.339 e. The minimum atomic E-state index is -0.0609. The predicted octanol–water partition coefficient (Wildman–Crippen LogP) is 2.64. The van der Waals surface area contributed by atoms with Crippen LogP contribution < -0.4 is 11.4 Å². The van der Waals surface area contributed by atoms with Crippen molar-refractivity contribution in [2.75, 3.05) is 13.1 Å². The fraction of sp³-hybridized carbons (Fsp3) is 0.600. The number of imidazole rings is 1. The van der Waals surface area contributed by atoms with Gasteiger partial charge in [-0.05, 0) is 56.7 Å². The topological polar surface area (TPSA) is 84.1 Å². The molecular weight excluding hydrogens is 328 g/mol. The lowest BCUT2D eigenvalue weighted by Crippen LogP contribution is -2.42. The first-order valence-corrected chi connectivity index (χ1v) is 9.83. The maximum atomic E-state index is 12.9. The number of nitrogens with two attached hydrogens (primary N) is 1. The third kappa shape index (κ3) is 3.07. The molecule has 0 radical (unpaired) electrons. The molecule has 0 spiro atoms. The molecule has 6 heteroatoms. The largest absolute Gasteiger partial charge is 0.339 e. The van der Waals surface area contributed by atoms with Crippen LogP contribution in [0, 0.1) is 5.92 Å². The van der Waals surface area contributed by atoms with Gasteiger partial charge in [0.05, 0.1) is 11.0 Å². The number of aromatic nitrogens is 2. The molecule has 1 unspecified atom stereocenters. The molecule has 26 heavy (non-hydrogen) atoms. The van der Waals surface area contributed by atoms with Crippen LogP contribution in [-0.4, -0.2) is 39.5 Å². The van der Waals surface area contributed by atoms with E-state index >= 15 is 0 Å². The van der Waals surface area contributed by atoms with Gasteiger partial charge >= 0.3 is 5.69 Å². The summed E-state index contributed by atoms with van der Waals surface area (Å²) in [6.07, 6.45) is 6.39. The third-order valence-corrected chi connectivity index (χ3v) is 6.22. The standard InChI is InChI=1S/C20H28N4O2/c1-13(21)14-8-10-23(11-9-14)19(25)15-6-7-18-17(12-15)22-20(26)24(18)16-4-2-3-5-16/h6-7,12-14,16H,2-5,8-11,21H2,1H3,(H,22,26). The second kappa shape index (κ2) is 6.91. The quantitative estimate of drug-likeness (QED) is 0.887. The number of rotatable bonds is 3. The molecule has 0 bridgehead atoms. The summed E-state index contributed by atoms with van der Waals surface area (Å²) in [5, 5.41) is 0. The Labute approximate surface area is 153 Å². The van der Waals surface area contributed by atoms with E-state index in [9.17, 15) is 9.59 Å². The summed E-state index contributed by atoms with van der Waals surface area (Å²) in [7, 11) is 0. The number of piperidine rings is 1.